The first-order chi connectivity index (χ1) is 17.6. The van der Waals surface area contributed by atoms with Gasteiger partial charge in [-0.25, -0.2) is 0 Å². The van der Waals surface area contributed by atoms with Crippen LogP contribution in [0, 0.1) is 12.7 Å². The van der Waals surface area contributed by atoms with Gasteiger partial charge in [0.25, 0.3) is 0 Å². The van der Waals surface area contributed by atoms with Crippen molar-refractivity contribution < 1.29 is 9.13 Å². The first kappa shape index (κ1) is 25.0. The van der Waals surface area contributed by atoms with Crippen molar-refractivity contribution in [1.82, 2.24) is 9.13 Å². The van der Waals surface area contributed by atoms with Crippen LogP contribution in [0.25, 0.3) is 33.5 Å². The van der Waals surface area contributed by atoms with Gasteiger partial charge in [0.15, 0.2) is 0 Å². The molecule has 0 bridgehead atoms. The Labute approximate surface area is 221 Å². The molecule has 0 N–H and O–H groups in total. The maximum absolute atomic E-state index is 3.54. The number of hydrogen-bond donors (Lipinski definition) is 0. The van der Waals surface area contributed by atoms with E-state index in [0.717, 1.165) is 22.4 Å². The molecule has 0 atom stereocenters. The van der Waals surface area contributed by atoms with E-state index >= 15 is 0 Å². The van der Waals surface area contributed by atoms with Crippen molar-refractivity contribution in [3.63, 3.8) is 0 Å². The van der Waals surface area contributed by atoms with Gasteiger partial charge in [-0.05, 0) is 45.6 Å². The predicted octanol–water partition coefficient (Wildman–Crippen LogP) is 6.71. The summed E-state index contributed by atoms with van der Waals surface area (Å²) in [5, 5.41) is 0. The Balaban J connectivity index is 1.85. The highest BCUT2D eigenvalue weighted by Crippen LogP contribution is 2.39. The Bertz CT molecular complexity index is 1550. The van der Waals surface area contributed by atoms with E-state index in [9.17, 15) is 0 Å². The van der Waals surface area contributed by atoms with Gasteiger partial charge >= 0.3 is 0 Å². The molecule has 190 valence electrons. The number of para-hydroxylation sites is 2. The molecule has 2 heterocycles. The lowest BCUT2D eigenvalue weighted by molar-refractivity contribution is -0.602. The molecule has 0 saturated carbocycles. The van der Waals surface area contributed by atoms with Crippen molar-refractivity contribution in [3.05, 3.63) is 96.3 Å². The molecule has 3 aromatic carbocycles. The van der Waals surface area contributed by atoms with Crippen LogP contribution in [-0.2, 0) is 14.1 Å². The van der Waals surface area contributed by atoms with Crippen molar-refractivity contribution in [3.8, 4) is 22.5 Å². The van der Waals surface area contributed by atoms with Crippen molar-refractivity contribution >= 4 is 11.0 Å². The summed E-state index contributed by atoms with van der Waals surface area (Å²) in [7, 11) is 4.06. The van der Waals surface area contributed by atoms with Crippen LogP contribution in [0.1, 0.15) is 76.0 Å². The second-order valence-corrected chi connectivity index (χ2v) is 11.1. The smallest absolute Gasteiger partial charge is 0.244 e. The summed E-state index contributed by atoms with van der Waals surface area (Å²) in [6, 6.07) is 20.2. The second-order valence-electron chi connectivity index (χ2n) is 11.1. The molecule has 37 heavy (non-hydrogen) atoms. The molecule has 2 aromatic heterocycles. The molecule has 0 amide bonds. The number of hydrogen-bond acceptors (Lipinski definition) is 0. The SMILES string of the molecule is CC(C)c1cc(C(C)C)c(-c2cc(-[n+]3[c-]n(C)cc3)cc(-[n+]3[c-]n(C)c4ccccc43)c2)c(C(C)C)c1. The largest absolute Gasteiger partial charge is 0.327 e. The number of benzene rings is 3. The van der Waals surface area contributed by atoms with Crippen LogP contribution in [-0.4, -0.2) is 9.13 Å². The molecule has 0 saturated heterocycles. The predicted molar refractivity (Wildman–Crippen MR) is 150 cm³/mol. The Morgan fingerprint density at radius 2 is 1.38 bits per heavy atom. The van der Waals surface area contributed by atoms with Crippen LogP contribution in [0.3, 0.4) is 0 Å². The van der Waals surface area contributed by atoms with Crippen LogP contribution < -0.4 is 9.13 Å². The molecule has 0 radical (unpaired) electrons. The van der Waals surface area contributed by atoms with Crippen molar-refractivity contribution in [2.45, 2.75) is 59.3 Å². The first-order valence-corrected chi connectivity index (χ1v) is 13.3. The van der Waals surface area contributed by atoms with E-state index < -0.39 is 0 Å². The van der Waals surface area contributed by atoms with Gasteiger partial charge in [0.05, 0.1) is 25.1 Å². The van der Waals surface area contributed by atoms with Gasteiger partial charge in [-0.2, -0.15) is 0 Å². The molecule has 5 rings (SSSR count). The highest BCUT2D eigenvalue weighted by molar-refractivity contribution is 5.77. The summed E-state index contributed by atoms with van der Waals surface area (Å²) < 4.78 is 8.28. The zero-order valence-electron chi connectivity index (χ0n) is 23.4. The van der Waals surface area contributed by atoms with Gasteiger partial charge in [-0.15, -0.1) is 0 Å². The van der Waals surface area contributed by atoms with Gasteiger partial charge in [-0.3, -0.25) is 0 Å². The van der Waals surface area contributed by atoms with E-state index in [1.807, 2.05) is 17.8 Å². The molecule has 0 unspecified atom stereocenters. The molecule has 0 aliphatic carbocycles. The number of rotatable bonds is 6. The minimum absolute atomic E-state index is 0.408. The summed E-state index contributed by atoms with van der Waals surface area (Å²) >= 11 is 0. The van der Waals surface area contributed by atoms with Gasteiger partial charge < -0.3 is 18.3 Å². The van der Waals surface area contributed by atoms with Crippen molar-refractivity contribution in [2.75, 3.05) is 0 Å². The molecule has 0 spiro atoms. The fraction of sp³-hybridized carbons (Fsp3) is 0.333. The third-order valence-corrected chi connectivity index (χ3v) is 7.30. The third-order valence-electron chi connectivity index (χ3n) is 7.30. The number of nitrogens with zero attached hydrogens (tertiary/aromatic N) is 4. The molecule has 4 nitrogen and oxygen atoms in total. The lowest BCUT2D eigenvalue weighted by Crippen LogP contribution is -2.33. The van der Waals surface area contributed by atoms with E-state index in [0.29, 0.717) is 17.8 Å². The topological polar surface area (TPSA) is 17.6 Å². The van der Waals surface area contributed by atoms with Crippen molar-refractivity contribution in [2.24, 2.45) is 14.1 Å². The number of aromatic nitrogens is 4. The van der Waals surface area contributed by atoms with E-state index in [2.05, 4.69) is 136 Å². The Hall–Kier alpha value is -3.66. The number of aryl methyl sites for hydroxylation is 2. The Morgan fingerprint density at radius 3 is 1.97 bits per heavy atom. The highest BCUT2D eigenvalue weighted by Gasteiger charge is 2.20. The second kappa shape index (κ2) is 9.66. The maximum Gasteiger partial charge on any atom is 0.244 e. The first-order valence-electron chi connectivity index (χ1n) is 13.3. The van der Waals surface area contributed by atoms with Crippen LogP contribution in [0.2, 0.25) is 0 Å². The third kappa shape index (κ3) is 4.61. The van der Waals surface area contributed by atoms with Gasteiger partial charge in [0.2, 0.25) is 12.7 Å². The van der Waals surface area contributed by atoms with Crippen molar-refractivity contribution in [1.29, 1.82) is 0 Å². The van der Waals surface area contributed by atoms with Gasteiger partial charge in [0, 0.05) is 23.8 Å². The minimum Gasteiger partial charge on any atom is -0.327 e. The summed E-state index contributed by atoms with van der Waals surface area (Å²) in [5.74, 6) is 1.30. The molecule has 4 heteroatoms. The molecule has 0 aliphatic rings. The van der Waals surface area contributed by atoms with E-state index in [1.54, 1.807) is 0 Å². The zero-order chi connectivity index (χ0) is 26.4. The molecular weight excluding hydrogens is 452 g/mol. The summed E-state index contributed by atoms with van der Waals surface area (Å²) in [6.45, 7) is 13.8. The van der Waals surface area contributed by atoms with E-state index in [1.165, 1.54) is 27.8 Å². The van der Waals surface area contributed by atoms with Crippen LogP contribution >= 0.6 is 0 Å². The normalized spacial score (nSPS) is 12.0. The molecule has 0 fully saturated rings. The Morgan fingerprint density at radius 1 is 0.730 bits per heavy atom. The van der Waals surface area contributed by atoms with Gasteiger partial charge in [0.1, 0.15) is 0 Å². The fourth-order valence-corrected chi connectivity index (χ4v) is 5.24. The number of imidazole rings is 2. The van der Waals surface area contributed by atoms with Gasteiger partial charge in [-0.1, -0.05) is 96.1 Å². The maximum atomic E-state index is 3.54. The summed E-state index contributed by atoms with van der Waals surface area (Å²) in [6.07, 6.45) is 11.0. The summed E-state index contributed by atoms with van der Waals surface area (Å²) in [4.78, 5) is 0. The lowest BCUT2D eigenvalue weighted by Gasteiger charge is -2.24. The fourth-order valence-electron chi connectivity index (χ4n) is 5.24. The average molecular weight is 491 g/mol. The standard InChI is InChI=1S/C33H38N4/c1-22(2)25-17-29(23(3)4)33(30(18-25)24(5)6)26-15-27(36-14-13-34(7)20-36)19-28(16-26)37-21-35(8)31-11-9-10-12-32(31)37/h9-19,22-24H,1-8H3. The molecular formula is C33H38N4. The summed E-state index contributed by atoms with van der Waals surface area (Å²) in [5.41, 5.74) is 11.3. The molecule has 5 aromatic rings. The quantitative estimate of drug-likeness (QED) is 0.186. The average Bonchev–Trinajstić information content (AvgIpc) is 3.46. The van der Waals surface area contributed by atoms with Crippen LogP contribution in [0.15, 0.2) is 67.0 Å². The van der Waals surface area contributed by atoms with Crippen LogP contribution in [0.4, 0.5) is 0 Å². The molecule has 0 aliphatic heterocycles. The van der Waals surface area contributed by atoms with Crippen LogP contribution in [0.5, 0.6) is 0 Å². The monoisotopic (exact) mass is 490 g/mol. The highest BCUT2D eigenvalue weighted by atomic mass is 15.1. The number of fused-ring (bicyclic) bond motifs is 1. The minimum atomic E-state index is 0.408. The van der Waals surface area contributed by atoms with E-state index in [-0.39, 0.29) is 0 Å². The zero-order valence-corrected chi connectivity index (χ0v) is 23.4. The Kier molecular flexibility index (Phi) is 6.53. The lowest BCUT2D eigenvalue weighted by atomic mass is 9.81. The van der Waals surface area contributed by atoms with E-state index in [4.69, 9.17) is 0 Å².